The van der Waals surface area contributed by atoms with Crippen molar-refractivity contribution in [1.29, 1.82) is 0 Å². The molecule has 1 saturated heterocycles. The summed E-state index contributed by atoms with van der Waals surface area (Å²) < 4.78 is 5.96. The van der Waals surface area contributed by atoms with Gasteiger partial charge in [-0.05, 0) is 73.7 Å². The van der Waals surface area contributed by atoms with Crippen molar-refractivity contribution in [3.05, 3.63) is 53.1 Å². The molecule has 0 saturated carbocycles. The lowest BCUT2D eigenvalue weighted by Gasteiger charge is -2.36. The number of benzene rings is 2. The second-order valence-electron chi connectivity index (χ2n) is 8.17. The van der Waals surface area contributed by atoms with Crippen LogP contribution in [-0.2, 0) is 11.2 Å². The number of carbonyl (C=O) groups is 1. The lowest BCUT2D eigenvalue weighted by Crippen LogP contribution is -2.46. The van der Waals surface area contributed by atoms with Gasteiger partial charge >= 0.3 is 0 Å². The van der Waals surface area contributed by atoms with Crippen molar-refractivity contribution in [3.8, 4) is 5.75 Å². The number of nitrogens with one attached hydrogen (secondary N) is 1. The number of ether oxygens (including phenoxy) is 1. The molecule has 2 heterocycles. The number of rotatable bonds is 6. The van der Waals surface area contributed by atoms with Crippen molar-refractivity contribution < 1.29 is 9.53 Å². The summed E-state index contributed by atoms with van der Waals surface area (Å²) in [6, 6.07) is 12.7. The minimum Gasteiger partial charge on any atom is -0.494 e. The van der Waals surface area contributed by atoms with Crippen LogP contribution in [0.15, 0.2) is 36.4 Å². The molecule has 2 aromatic rings. The molecule has 2 aliphatic heterocycles. The molecule has 0 unspecified atom stereocenters. The number of carbonyl (C=O) groups excluding carboxylic acids is 1. The van der Waals surface area contributed by atoms with Crippen LogP contribution >= 0.6 is 0 Å². The van der Waals surface area contributed by atoms with Crippen LogP contribution in [0.25, 0.3) is 0 Å². The van der Waals surface area contributed by atoms with Crippen LogP contribution in [0, 0.1) is 13.8 Å². The Balaban J connectivity index is 1.18. The third kappa shape index (κ3) is 4.91. The molecule has 2 aromatic carbocycles. The third-order valence-electron chi connectivity index (χ3n) is 6.09. The molecular weight excluding hydrogens is 362 g/mol. The molecule has 1 fully saturated rings. The van der Waals surface area contributed by atoms with E-state index in [1.807, 2.05) is 12.1 Å². The van der Waals surface area contributed by atoms with Crippen molar-refractivity contribution >= 4 is 17.3 Å². The average Bonchev–Trinajstić information content (AvgIpc) is 2.74. The zero-order valence-corrected chi connectivity index (χ0v) is 17.5. The molecule has 154 valence electrons. The number of hydrogen-bond acceptors (Lipinski definition) is 4. The highest BCUT2D eigenvalue weighted by Crippen LogP contribution is 2.27. The van der Waals surface area contributed by atoms with Crippen LogP contribution in [0.5, 0.6) is 5.75 Å². The van der Waals surface area contributed by atoms with E-state index in [0.29, 0.717) is 6.42 Å². The van der Waals surface area contributed by atoms with Gasteiger partial charge in [-0.15, -0.1) is 0 Å². The molecule has 1 N–H and O–H groups in total. The van der Waals surface area contributed by atoms with Crippen molar-refractivity contribution in [2.45, 2.75) is 33.1 Å². The number of anilines is 2. The standard InChI is InChI=1S/C24H31N3O2/c1-18-4-6-21(16-19(18)2)27-13-11-26(12-14-27)10-3-15-29-22-7-8-23-20(17-22)5-9-24(28)25-23/h4,6-8,16-17H,3,5,9-15H2,1-2H3,(H,25,28). The first-order valence-electron chi connectivity index (χ1n) is 10.7. The van der Waals surface area contributed by atoms with E-state index in [-0.39, 0.29) is 5.91 Å². The van der Waals surface area contributed by atoms with Crippen LogP contribution in [0.1, 0.15) is 29.5 Å². The maximum atomic E-state index is 11.5. The Bertz CT molecular complexity index is 872. The van der Waals surface area contributed by atoms with Crippen LogP contribution in [0.2, 0.25) is 0 Å². The zero-order chi connectivity index (χ0) is 20.2. The maximum Gasteiger partial charge on any atom is 0.224 e. The van der Waals surface area contributed by atoms with Gasteiger partial charge < -0.3 is 15.0 Å². The Morgan fingerprint density at radius 3 is 2.59 bits per heavy atom. The summed E-state index contributed by atoms with van der Waals surface area (Å²) in [5, 5.41) is 2.91. The molecule has 0 atom stereocenters. The zero-order valence-electron chi connectivity index (χ0n) is 17.5. The summed E-state index contributed by atoms with van der Waals surface area (Å²) in [5.41, 5.74) is 6.17. The smallest absolute Gasteiger partial charge is 0.224 e. The van der Waals surface area contributed by atoms with Crippen LogP contribution in [0.4, 0.5) is 11.4 Å². The summed E-state index contributed by atoms with van der Waals surface area (Å²) in [6.07, 6.45) is 2.38. The maximum absolute atomic E-state index is 11.5. The van der Waals surface area contributed by atoms with E-state index in [0.717, 1.165) is 63.6 Å². The number of nitrogens with zero attached hydrogens (tertiary/aromatic N) is 2. The molecule has 5 heteroatoms. The monoisotopic (exact) mass is 393 g/mol. The molecule has 2 aliphatic rings. The number of piperazine rings is 1. The number of fused-ring (bicyclic) bond motifs is 1. The van der Waals surface area contributed by atoms with E-state index in [9.17, 15) is 4.79 Å². The average molecular weight is 394 g/mol. The lowest BCUT2D eigenvalue weighted by atomic mass is 10.0. The summed E-state index contributed by atoms with van der Waals surface area (Å²) >= 11 is 0. The van der Waals surface area contributed by atoms with E-state index >= 15 is 0 Å². The summed E-state index contributed by atoms with van der Waals surface area (Å²) in [4.78, 5) is 16.5. The first kappa shape index (κ1) is 19.8. The van der Waals surface area contributed by atoms with Crippen molar-refractivity contribution in [3.63, 3.8) is 0 Å². The summed E-state index contributed by atoms with van der Waals surface area (Å²) in [6.45, 7) is 10.5. The molecule has 0 radical (unpaired) electrons. The van der Waals surface area contributed by atoms with Gasteiger partial charge in [0.15, 0.2) is 0 Å². The van der Waals surface area contributed by atoms with E-state index in [1.165, 1.54) is 22.4 Å². The summed E-state index contributed by atoms with van der Waals surface area (Å²) in [7, 11) is 0. The minimum absolute atomic E-state index is 0.101. The van der Waals surface area contributed by atoms with E-state index < -0.39 is 0 Å². The number of amides is 1. The molecule has 5 nitrogen and oxygen atoms in total. The fraction of sp³-hybridized carbons (Fsp3) is 0.458. The fourth-order valence-corrected chi connectivity index (χ4v) is 4.08. The second-order valence-corrected chi connectivity index (χ2v) is 8.17. The molecule has 1 amide bonds. The van der Waals surface area contributed by atoms with Gasteiger partial charge in [0.2, 0.25) is 5.91 Å². The van der Waals surface area contributed by atoms with E-state index in [2.05, 4.69) is 53.2 Å². The van der Waals surface area contributed by atoms with Gasteiger partial charge in [-0.1, -0.05) is 6.07 Å². The Morgan fingerprint density at radius 2 is 1.79 bits per heavy atom. The SMILES string of the molecule is Cc1ccc(N2CCN(CCCOc3ccc4c(c3)CCC(=O)N4)CC2)cc1C. The molecule has 0 spiro atoms. The first-order valence-corrected chi connectivity index (χ1v) is 10.7. The number of hydrogen-bond donors (Lipinski definition) is 1. The van der Waals surface area contributed by atoms with Crippen LogP contribution in [0.3, 0.4) is 0 Å². The normalized spacial score (nSPS) is 17.0. The molecule has 4 rings (SSSR count). The minimum atomic E-state index is 0.101. The van der Waals surface area contributed by atoms with Gasteiger partial charge in [0, 0.05) is 50.5 Å². The molecular formula is C24H31N3O2. The van der Waals surface area contributed by atoms with Crippen LogP contribution in [-0.4, -0.2) is 50.1 Å². The Morgan fingerprint density at radius 1 is 0.966 bits per heavy atom. The Labute approximate surface area is 173 Å². The lowest BCUT2D eigenvalue weighted by molar-refractivity contribution is -0.116. The van der Waals surface area contributed by atoms with Crippen molar-refractivity contribution in [1.82, 2.24) is 4.90 Å². The molecule has 0 aliphatic carbocycles. The first-order chi connectivity index (χ1) is 14.1. The van der Waals surface area contributed by atoms with Gasteiger partial charge in [-0.25, -0.2) is 0 Å². The van der Waals surface area contributed by atoms with Crippen LogP contribution < -0.4 is 15.0 Å². The van der Waals surface area contributed by atoms with Gasteiger partial charge in [-0.2, -0.15) is 0 Å². The number of aryl methyl sites for hydroxylation is 3. The Hall–Kier alpha value is -2.53. The molecule has 29 heavy (non-hydrogen) atoms. The summed E-state index contributed by atoms with van der Waals surface area (Å²) in [5.74, 6) is 1.00. The van der Waals surface area contributed by atoms with Crippen molar-refractivity contribution in [2.75, 3.05) is 49.5 Å². The molecule has 0 aromatic heterocycles. The van der Waals surface area contributed by atoms with E-state index in [4.69, 9.17) is 4.74 Å². The van der Waals surface area contributed by atoms with Gasteiger partial charge in [0.1, 0.15) is 5.75 Å². The second kappa shape index (κ2) is 8.87. The largest absolute Gasteiger partial charge is 0.494 e. The fourth-order valence-electron chi connectivity index (χ4n) is 4.08. The predicted molar refractivity (Wildman–Crippen MR) is 118 cm³/mol. The predicted octanol–water partition coefficient (Wildman–Crippen LogP) is 3.78. The highest BCUT2D eigenvalue weighted by atomic mass is 16.5. The van der Waals surface area contributed by atoms with Crippen molar-refractivity contribution in [2.24, 2.45) is 0 Å². The highest BCUT2D eigenvalue weighted by molar-refractivity contribution is 5.94. The Kier molecular flexibility index (Phi) is 6.05. The third-order valence-corrected chi connectivity index (χ3v) is 6.09. The quantitative estimate of drug-likeness (QED) is 0.759. The molecule has 0 bridgehead atoms. The van der Waals surface area contributed by atoms with Gasteiger partial charge in [0.25, 0.3) is 0 Å². The highest BCUT2D eigenvalue weighted by Gasteiger charge is 2.18. The van der Waals surface area contributed by atoms with Gasteiger partial charge in [0.05, 0.1) is 6.61 Å². The van der Waals surface area contributed by atoms with E-state index in [1.54, 1.807) is 0 Å². The van der Waals surface area contributed by atoms with Gasteiger partial charge in [-0.3, -0.25) is 9.69 Å². The topological polar surface area (TPSA) is 44.8 Å².